The number of rotatable bonds is 8. The van der Waals surface area contributed by atoms with Crippen LogP contribution in [0.5, 0.6) is 17.2 Å². The minimum absolute atomic E-state index is 0.0777. The monoisotopic (exact) mass is 383 g/mol. The number of hydrogen-bond acceptors (Lipinski definition) is 5. The topological polar surface area (TPSA) is 103 Å². The van der Waals surface area contributed by atoms with Crippen LogP contribution in [-0.4, -0.2) is 30.0 Å². The summed E-state index contributed by atoms with van der Waals surface area (Å²) in [5.74, 6) is 0.908. The largest absolute Gasteiger partial charge is 0.474 e. The molecule has 0 unspecified atom stereocenters. The summed E-state index contributed by atoms with van der Waals surface area (Å²) in [6.07, 6.45) is 2.00. The second-order valence-electron chi connectivity index (χ2n) is 7.25. The van der Waals surface area contributed by atoms with E-state index >= 15 is 0 Å². The molecule has 0 spiro atoms. The Bertz CT molecular complexity index is 845. The van der Waals surface area contributed by atoms with Crippen LogP contribution in [0, 0.1) is 0 Å². The number of ether oxygens (including phenoxy) is 2. The lowest BCUT2D eigenvalue weighted by Gasteiger charge is -2.26. The van der Waals surface area contributed by atoms with Gasteiger partial charge in [0.2, 0.25) is 5.91 Å². The highest BCUT2D eigenvalue weighted by molar-refractivity contribution is 5.89. The molecule has 0 saturated heterocycles. The van der Waals surface area contributed by atoms with Gasteiger partial charge in [0.05, 0.1) is 6.54 Å². The summed E-state index contributed by atoms with van der Waals surface area (Å²) >= 11 is 0. The third kappa shape index (κ3) is 5.39. The summed E-state index contributed by atoms with van der Waals surface area (Å²) in [5, 5.41) is 5.45. The molecule has 0 aliphatic heterocycles. The van der Waals surface area contributed by atoms with Crippen molar-refractivity contribution in [3.8, 4) is 17.2 Å². The molecule has 3 rings (SSSR count). The lowest BCUT2D eigenvalue weighted by atomic mass is 10.1. The number of nitrogens with one attached hydrogen (secondary N) is 2. The molecule has 7 nitrogen and oxygen atoms in total. The van der Waals surface area contributed by atoms with Gasteiger partial charge in [-0.15, -0.1) is 0 Å². The first kappa shape index (κ1) is 19.5. The number of amides is 2. The summed E-state index contributed by atoms with van der Waals surface area (Å²) in [4.78, 5) is 24.3. The Labute approximate surface area is 164 Å². The third-order valence-corrected chi connectivity index (χ3v) is 4.22. The van der Waals surface area contributed by atoms with Crippen molar-refractivity contribution in [3.05, 3.63) is 48.5 Å². The second-order valence-corrected chi connectivity index (χ2v) is 7.25. The number of nitrogen functional groups attached to an aromatic ring is 1. The first-order valence-corrected chi connectivity index (χ1v) is 9.22. The fourth-order valence-corrected chi connectivity index (χ4v) is 2.48. The maximum atomic E-state index is 12.5. The smallest absolute Gasteiger partial charge is 0.264 e. The van der Waals surface area contributed by atoms with E-state index in [9.17, 15) is 9.59 Å². The van der Waals surface area contributed by atoms with Gasteiger partial charge in [0.15, 0.2) is 17.1 Å². The SMILES string of the molecule is CC(C)(Oc1ccccc1Oc1ccc(N)cc1)C(=O)NCC(=O)NC1CC1. The molecule has 7 heteroatoms. The minimum Gasteiger partial charge on any atom is -0.474 e. The van der Waals surface area contributed by atoms with Crippen LogP contribution in [0.4, 0.5) is 5.69 Å². The van der Waals surface area contributed by atoms with Gasteiger partial charge in [0.25, 0.3) is 5.91 Å². The van der Waals surface area contributed by atoms with Crippen LogP contribution in [0.3, 0.4) is 0 Å². The number of carbonyl (C=O) groups excluding carboxylic acids is 2. The normalized spacial score (nSPS) is 13.5. The summed E-state index contributed by atoms with van der Waals surface area (Å²) in [6, 6.07) is 14.3. The molecule has 0 atom stereocenters. The number of hydrogen-bond donors (Lipinski definition) is 3. The molecule has 0 aromatic heterocycles. The number of benzene rings is 2. The van der Waals surface area contributed by atoms with Gasteiger partial charge in [0.1, 0.15) is 5.75 Å². The average Bonchev–Trinajstić information content (AvgIpc) is 3.47. The minimum atomic E-state index is -1.19. The fraction of sp³-hybridized carbons (Fsp3) is 0.333. The summed E-state index contributed by atoms with van der Waals surface area (Å²) in [5.41, 5.74) is 5.14. The number of carbonyl (C=O) groups is 2. The maximum Gasteiger partial charge on any atom is 0.264 e. The van der Waals surface area contributed by atoms with Crippen LogP contribution in [0.1, 0.15) is 26.7 Å². The van der Waals surface area contributed by atoms with Crippen LogP contribution in [0.15, 0.2) is 48.5 Å². The molecule has 2 aromatic carbocycles. The Morgan fingerprint density at radius 2 is 1.71 bits per heavy atom. The summed E-state index contributed by atoms with van der Waals surface area (Å²) in [6.45, 7) is 3.20. The molecule has 148 valence electrons. The van der Waals surface area contributed by atoms with Gasteiger partial charge in [-0.1, -0.05) is 12.1 Å². The zero-order valence-electron chi connectivity index (χ0n) is 16.0. The van der Waals surface area contributed by atoms with Crippen LogP contribution < -0.4 is 25.8 Å². The molecule has 2 aromatic rings. The van der Waals surface area contributed by atoms with Gasteiger partial charge in [-0.05, 0) is 63.1 Å². The van der Waals surface area contributed by atoms with E-state index in [2.05, 4.69) is 10.6 Å². The highest BCUT2D eigenvalue weighted by Gasteiger charge is 2.32. The Balaban J connectivity index is 1.63. The van der Waals surface area contributed by atoms with E-state index in [-0.39, 0.29) is 24.4 Å². The van der Waals surface area contributed by atoms with Crippen molar-refractivity contribution in [2.24, 2.45) is 0 Å². The van der Waals surface area contributed by atoms with Crippen molar-refractivity contribution in [2.75, 3.05) is 12.3 Å². The second kappa shape index (κ2) is 8.21. The number of para-hydroxylation sites is 2. The molecule has 1 aliphatic rings. The number of nitrogens with two attached hydrogens (primary N) is 1. The molecule has 28 heavy (non-hydrogen) atoms. The molecule has 0 heterocycles. The molecular formula is C21H25N3O4. The van der Waals surface area contributed by atoms with E-state index in [1.165, 1.54) is 0 Å². The van der Waals surface area contributed by atoms with Gasteiger partial charge >= 0.3 is 0 Å². The molecular weight excluding hydrogens is 358 g/mol. The number of anilines is 1. The van der Waals surface area contributed by atoms with E-state index < -0.39 is 5.60 Å². The molecule has 2 amide bonds. The van der Waals surface area contributed by atoms with Crippen LogP contribution >= 0.6 is 0 Å². The molecule has 0 bridgehead atoms. The first-order chi connectivity index (χ1) is 13.3. The van der Waals surface area contributed by atoms with E-state index in [0.29, 0.717) is 22.9 Å². The van der Waals surface area contributed by atoms with Crippen molar-refractivity contribution < 1.29 is 19.1 Å². The highest BCUT2D eigenvalue weighted by atomic mass is 16.5. The predicted molar refractivity (Wildman–Crippen MR) is 106 cm³/mol. The van der Waals surface area contributed by atoms with Gasteiger partial charge in [0, 0.05) is 11.7 Å². The zero-order chi connectivity index (χ0) is 20.1. The standard InChI is InChI=1S/C21H25N3O4/c1-21(2,20(26)23-13-19(25)24-15-9-10-15)28-18-6-4-3-5-17(18)27-16-11-7-14(22)8-12-16/h3-8,11-12,15H,9-10,13,22H2,1-2H3,(H,23,26)(H,24,25). The Morgan fingerprint density at radius 1 is 1.07 bits per heavy atom. The molecule has 1 aliphatic carbocycles. The van der Waals surface area contributed by atoms with Crippen LogP contribution in [-0.2, 0) is 9.59 Å². The highest BCUT2D eigenvalue weighted by Crippen LogP contribution is 2.33. The fourth-order valence-electron chi connectivity index (χ4n) is 2.48. The summed E-state index contributed by atoms with van der Waals surface area (Å²) in [7, 11) is 0. The van der Waals surface area contributed by atoms with Crippen molar-refractivity contribution in [3.63, 3.8) is 0 Å². The Morgan fingerprint density at radius 3 is 2.36 bits per heavy atom. The molecule has 1 saturated carbocycles. The average molecular weight is 383 g/mol. The van der Waals surface area contributed by atoms with Gasteiger partial charge < -0.3 is 25.8 Å². The van der Waals surface area contributed by atoms with Crippen molar-refractivity contribution in [1.82, 2.24) is 10.6 Å². The van der Waals surface area contributed by atoms with Crippen molar-refractivity contribution >= 4 is 17.5 Å². The van der Waals surface area contributed by atoms with Gasteiger partial charge in [-0.2, -0.15) is 0 Å². The Hall–Kier alpha value is -3.22. The van der Waals surface area contributed by atoms with E-state index in [1.54, 1.807) is 56.3 Å². The van der Waals surface area contributed by atoms with Crippen molar-refractivity contribution in [1.29, 1.82) is 0 Å². The van der Waals surface area contributed by atoms with Crippen LogP contribution in [0.2, 0.25) is 0 Å². The van der Waals surface area contributed by atoms with Gasteiger partial charge in [-0.25, -0.2) is 0 Å². The molecule has 1 fully saturated rings. The van der Waals surface area contributed by atoms with E-state index in [1.807, 2.05) is 6.07 Å². The molecule has 0 radical (unpaired) electrons. The predicted octanol–water partition coefficient (Wildman–Crippen LogP) is 2.61. The zero-order valence-corrected chi connectivity index (χ0v) is 16.0. The molecule has 4 N–H and O–H groups in total. The van der Waals surface area contributed by atoms with Crippen molar-refractivity contribution in [2.45, 2.75) is 38.3 Å². The van der Waals surface area contributed by atoms with E-state index in [0.717, 1.165) is 12.8 Å². The summed E-state index contributed by atoms with van der Waals surface area (Å²) < 4.78 is 11.8. The van der Waals surface area contributed by atoms with Gasteiger partial charge in [-0.3, -0.25) is 9.59 Å². The Kier molecular flexibility index (Phi) is 5.73. The lowest BCUT2D eigenvalue weighted by Crippen LogP contribution is -2.49. The lowest BCUT2D eigenvalue weighted by molar-refractivity contribution is -0.136. The quantitative estimate of drug-likeness (QED) is 0.608. The first-order valence-electron chi connectivity index (χ1n) is 9.22. The maximum absolute atomic E-state index is 12.5. The third-order valence-electron chi connectivity index (χ3n) is 4.22. The van der Waals surface area contributed by atoms with Crippen LogP contribution in [0.25, 0.3) is 0 Å². The van der Waals surface area contributed by atoms with E-state index in [4.69, 9.17) is 15.2 Å².